The average Bonchev–Trinajstić information content (AvgIpc) is 2.99. The summed E-state index contributed by atoms with van der Waals surface area (Å²) in [5.41, 5.74) is 1.94. The van der Waals surface area contributed by atoms with Crippen molar-refractivity contribution in [3.05, 3.63) is 58.9 Å². The molecule has 6 nitrogen and oxygen atoms in total. The molecule has 3 aromatic rings. The Morgan fingerprint density at radius 1 is 1.30 bits per heavy atom. The number of hydrogen-bond donors (Lipinski definition) is 2. The van der Waals surface area contributed by atoms with Crippen LogP contribution in [0.1, 0.15) is 12.5 Å². The van der Waals surface area contributed by atoms with Crippen molar-refractivity contribution >= 4 is 35.0 Å². The van der Waals surface area contributed by atoms with Gasteiger partial charge in [0.05, 0.1) is 5.25 Å². The van der Waals surface area contributed by atoms with Crippen molar-refractivity contribution in [3.8, 4) is 11.4 Å². The first-order valence-electron chi connectivity index (χ1n) is 8.06. The number of halogens is 2. The minimum absolute atomic E-state index is 0.222. The third kappa shape index (κ3) is 4.23. The Morgan fingerprint density at radius 3 is 2.78 bits per heavy atom. The predicted molar refractivity (Wildman–Crippen MR) is 106 cm³/mol. The van der Waals surface area contributed by atoms with Gasteiger partial charge in [0, 0.05) is 16.3 Å². The standard InChI is InChI=1S/C18H17ClFN5OS/c1-10-14(19)7-4-8-15(10)22-17(26)11(2)27-18-24-23-16(25(18)21)12-5-3-6-13(20)9-12/h3-9,11H,21H2,1-2H3,(H,22,26)/t11-/m1/s1. The van der Waals surface area contributed by atoms with Gasteiger partial charge in [-0.15, -0.1) is 10.2 Å². The van der Waals surface area contributed by atoms with Gasteiger partial charge in [0.15, 0.2) is 5.82 Å². The first-order chi connectivity index (χ1) is 12.9. The van der Waals surface area contributed by atoms with Crippen molar-refractivity contribution in [2.75, 3.05) is 11.2 Å². The van der Waals surface area contributed by atoms with E-state index in [-0.39, 0.29) is 5.91 Å². The molecular formula is C18H17ClFN5OS. The zero-order chi connectivity index (χ0) is 19.6. The molecule has 1 amide bonds. The zero-order valence-electron chi connectivity index (χ0n) is 14.6. The number of nitrogens with one attached hydrogen (secondary N) is 1. The number of carbonyl (C=O) groups excluding carboxylic acids is 1. The highest BCUT2D eigenvalue weighted by Gasteiger charge is 2.21. The molecule has 0 saturated carbocycles. The van der Waals surface area contributed by atoms with Crippen molar-refractivity contribution in [1.82, 2.24) is 14.9 Å². The second kappa shape index (κ2) is 7.98. The first-order valence-corrected chi connectivity index (χ1v) is 9.31. The molecule has 0 saturated heterocycles. The van der Waals surface area contributed by atoms with Gasteiger partial charge < -0.3 is 11.2 Å². The molecule has 0 bridgehead atoms. The van der Waals surface area contributed by atoms with E-state index in [1.807, 2.05) is 6.92 Å². The van der Waals surface area contributed by atoms with Gasteiger partial charge in [-0.3, -0.25) is 4.79 Å². The van der Waals surface area contributed by atoms with Crippen LogP contribution in [0.25, 0.3) is 11.4 Å². The lowest BCUT2D eigenvalue weighted by Crippen LogP contribution is -2.24. The maximum atomic E-state index is 13.4. The molecule has 9 heteroatoms. The number of amides is 1. The molecule has 1 heterocycles. The summed E-state index contributed by atoms with van der Waals surface area (Å²) in [6, 6.07) is 11.2. The van der Waals surface area contributed by atoms with Crippen LogP contribution in [0, 0.1) is 12.7 Å². The molecule has 3 N–H and O–H groups in total. The molecule has 0 aliphatic carbocycles. The predicted octanol–water partition coefficient (Wildman–Crippen LogP) is 3.88. The lowest BCUT2D eigenvalue weighted by Gasteiger charge is -2.13. The van der Waals surface area contributed by atoms with Crippen molar-refractivity contribution in [3.63, 3.8) is 0 Å². The summed E-state index contributed by atoms with van der Waals surface area (Å²) in [5.74, 6) is 5.73. The van der Waals surface area contributed by atoms with Crippen LogP contribution >= 0.6 is 23.4 Å². The van der Waals surface area contributed by atoms with E-state index in [4.69, 9.17) is 17.4 Å². The van der Waals surface area contributed by atoms with E-state index in [0.29, 0.717) is 27.3 Å². The summed E-state index contributed by atoms with van der Waals surface area (Å²) >= 11 is 7.23. The van der Waals surface area contributed by atoms with Gasteiger partial charge in [0.1, 0.15) is 5.82 Å². The number of carbonyl (C=O) groups is 1. The summed E-state index contributed by atoms with van der Waals surface area (Å²) in [4.78, 5) is 12.5. The van der Waals surface area contributed by atoms with Gasteiger partial charge in [-0.05, 0) is 43.7 Å². The Morgan fingerprint density at radius 2 is 2.04 bits per heavy atom. The van der Waals surface area contributed by atoms with E-state index in [1.54, 1.807) is 37.3 Å². The summed E-state index contributed by atoms with van der Waals surface area (Å²) < 4.78 is 14.7. The summed E-state index contributed by atoms with van der Waals surface area (Å²) in [5, 5.41) is 11.3. The maximum Gasteiger partial charge on any atom is 0.237 e. The fraction of sp³-hybridized carbons (Fsp3) is 0.167. The fourth-order valence-electron chi connectivity index (χ4n) is 2.37. The third-order valence-corrected chi connectivity index (χ3v) is 5.39. The average molecular weight is 406 g/mol. The topological polar surface area (TPSA) is 85.8 Å². The smallest absolute Gasteiger partial charge is 0.237 e. The molecule has 1 atom stereocenters. The quantitative estimate of drug-likeness (QED) is 0.497. The monoisotopic (exact) mass is 405 g/mol. The van der Waals surface area contributed by atoms with Crippen LogP contribution in [0.2, 0.25) is 5.02 Å². The first kappa shape index (κ1) is 19.2. The van der Waals surface area contributed by atoms with Crippen molar-refractivity contribution in [1.29, 1.82) is 0 Å². The SMILES string of the molecule is Cc1c(Cl)cccc1NC(=O)[C@@H](C)Sc1nnc(-c2cccc(F)c2)n1N. The highest BCUT2D eigenvalue weighted by molar-refractivity contribution is 8.00. The van der Waals surface area contributed by atoms with Crippen molar-refractivity contribution < 1.29 is 9.18 Å². The number of nitrogens with zero attached hydrogens (tertiary/aromatic N) is 3. The van der Waals surface area contributed by atoms with Gasteiger partial charge in [-0.1, -0.05) is 41.6 Å². The lowest BCUT2D eigenvalue weighted by atomic mass is 10.2. The molecule has 2 aromatic carbocycles. The highest BCUT2D eigenvalue weighted by atomic mass is 35.5. The van der Waals surface area contributed by atoms with E-state index in [1.165, 1.54) is 16.8 Å². The van der Waals surface area contributed by atoms with E-state index < -0.39 is 11.1 Å². The van der Waals surface area contributed by atoms with Gasteiger partial charge in [0.25, 0.3) is 0 Å². The van der Waals surface area contributed by atoms with Gasteiger partial charge >= 0.3 is 0 Å². The number of benzene rings is 2. The molecule has 0 aliphatic heterocycles. The summed E-state index contributed by atoms with van der Waals surface area (Å²) in [7, 11) is 0. The minimum atomic E-state index is -0.491. The van der Waals surface area contributed by atoms with E-state index in [2.05, 4.69) is 15.5 Å². The molecule has 140 valence electrons. The Kier molecular flexibility index (Phi) is 5.67. The molecule has 3 rings (SSSR count). The second-order valence-electron chi connectivity index (χ2n) is 5.85. The number of hydrogen-bond acceptors (Lipinski definition) is 5. The van der Waals surface area contributed by atoms with Crippen LogP contribution < -0.4 is 11.2 Å². The zero-order valence-corrected chi connectivity index (χ0v) is 16.2. The van der Waals surface area contributed by atoms with Gasteiger partial charge in [-0.2, -0.15) is 0 Å². The summed E-state index contributed by atoms with van der Waals surface area (Å²) in [6.07, 6.45) is 0. The Bertz CT molecular complexity index is 994. The highest BCUT2D eigenvalue weighted by Crippen LogP contribution is 2.27. The Labute approximate surface area is 164 Å². The number of thioether (sulfide) groups is 1. The van der Waals surface area contributed by atoms with Crippen molar-refractivity contribution in [2.45, 2.75) is 24.3 Å². The molecule has 0 fully saturated rings. The number of nitrogens with two attached hydrogens (primary N) is 1. The molecule has 0 aliphatic rings. The second-order valence-corrected chi connectivity index (χ2v) is 7.56. The van der Waals surface area contributed by atoms with Crippen LogP contribution in [0.15, 0.2) is 47.6 Å². The lowest BCUT2D eigenvalue weighted by molar-refractivity contribution is -0.115. The van der Waals surface area contributed by atoms with Gasteiger partial charge in [0.2, 0.25) is 11.1 Å². The molecule has 0 radical (unpaired) electrons. The Hall–Kier alpha value is -2.58. The fourth-order valence-corrected chi connectivity index (χ4v) is 3.32. The third-order valence-electron chi connectivity index (χ3n) is 3.92. The number of anilines is 1. The van der Waals surface area contributed by atoms with E-state index >= 15 is 0 Å². The van der Waals surface area contributed by atoms with Gasteiger partial charge in [-0.25, -0.2) is 9.07 Å². The number of nitrogen functional groups attached to an aromatic ring is 1. The largest absolute Gasteiger partial charge is 0.335 e. The maximum absolute atomic E-state index is 13.4. The minimum Gasteiger partial charge on any atom is -0.335 e. The normalized spacial score (nSPS) is 12.0. The van der Waals surface area contributed by atoms with Crippen LogP contribution in [-0.2, 0) is 4.79 Å². The van der Waals surface area contributed by atoms with Crippen LogP contribution in [0.4, 0.5) is 10.1 Å². The molecular weight excluding hydrogens is 389 g/mol. The molecule has 0 spiro atoms. The van der Waals surface area contributed by atoms with Crippen LogP contribution in [0.3, 0.4) is 0 Å². The molecule has 27 heavy (non-hydrogen) atoms. The molecule has 0 unspecified atom stereocenters. The molecule has 1 aromatic heterocycles. The number of aromatic nitrogens is 3. The van der Waals surface area contributed by atoms with E-state index in [0.717, 1.165) is 17.3 Å². The Balaban J connectivity index is 1.73. The van der Waals surface area contributed by atoms with Crippen molar-refractivity contribution in [2.24, 2.45) is 0 Å². The number of rotatable bonds is 5. The summed E-state index contributed by atoms with van der Waals surface area (Å²) in [6.45, 7) is 3.56. The van der Waals surface area contributed by atoms with E-state index in [9.17, 15) is 9.18 Å². The van der Waals surface area contributed by atoms with Crippen LogP contribution in [0.5, 0.6) is 0 Å². The van der Waals surface area contributed by atoms with Crippen LogP contribution in [-0.4, -0.2) is 26.0 Å².